The maximum absolute atomic E-state index is 9.35. The molecule has 1 radical (unpaired) electrons. The Morgan fingerprint density at radius 1 is 1.31 bits per heavy atom. The van der Waals surface area contributed by atoms with Crippen molar-refractivity contribution >= 4 is 38.4 Å². The molecule has 6 heteroatoms. The van der Waals surface area contributed by atoms with Gasteiger partial charge in [0.1, 0.15) is 15.8 Å². The van der Waals surface area contributed by atoms with Crippen LogP contribution < -0.4 is 0 Å². The number of benzene rings is 1. The Kier molecular flexibility index (Phi) is 3.54. The van der Waals surface area contributed by atoms with Gasteiger partial charge in [-0.05, 0) is 18.2 Å². The fourth-order valence-electron chi connectivity index (χ4n) is 1.47. The Bertz CT molecular complexity index is 553. The van der Waals surface area contributed by atoms with Crippen LogP contribution in [0.2, 0.25) is 0 Å². The molecular formula is C10H8MnN2OS2. The molecule has 0 saturated heterocycles. The minimum atomic E-state index is 0. The predicted molar refractivity (Wildman–Crippen MR) is 65.1 cm³/mol. The van der Waals surface area contributed by atoms with Crippen LogP contribution in [0.4, 0.5) is 0 Å². The van der Waals surface area contributed by atoms with Crippen LogP contribution >= 0.6 is 23.1 Å². The van der Waals surface area contributed by atoms with Crippen molar-refractivity contribution < 1.29 is 22.2 Å². The molecule has 0 spiro atoms. The molecule has 1 aliphatic rings. The number of phenolic OH excluding ortho intramolecular Hbond substituents is 1. The van der Waals surface area contributed by atoms with Crippen molar-refractivity contribution in [3.8, 4) is 5.75 Å². The Labute approximate surface area is 111 Å². The second-order valence-corrected chi connectivity index (χ2v) is 5.32. The number of hydrogen-bond acceptors (Lipinski definition) is 5. The normalized spacial score (nSPS) is 14.9. The molecule has 0 aliphatic carbocycles. The number of rotatable bonds is 1. The van der Waals surface area contributed by atoms with Crippen molar-refractivity contribution in [3.63, 3.8) is 0 Å². The van der Waals surface area contributed by atoms with E-state index in [1.807, 2.05) is 6.07 Å². The summed E-state index contributed by atoms with van der Waals surface area (Å²) in [6, 6.07) is 5.25. The zero-order valence-corrected chi connectivity index (χ0v) is 11.0. The molecule has 1 aromatic heterocycles. The fourth-order valence-corrected chi connectivity index (χ4v) is 3.40. The maximum Gasteiger partial charge on any atom is 0.149 e. The summed E-state index contributed by atoms with van der Waals surface area (Å²) in [6.45, 7) is 0.890. The van der Waals surface area contributed by atoms with E-state index < -0.39 is 0 Å². The predicted octanol–water partition coefficient (Wildman–Crippen LogP) is 2.49. The molecule has 3 rings (SSSR count). The number of thioether (sulfide) groups is 1. The summed E-state index contributed by atoms with van der Waals surface area (Å²) in [4.78, 5) is 8.88. The number of nitrogens with zero attached hydrogens (tertiary/aromatic N) is 2. The molecule has 2 heterocycles. The Balaban J connectivity index is 0.000000963. The topological polar surface area (TPSA) is 45.5 Å². The van der Waals surface area contributed by atoms with Gasteiger partial charge < -0.3 is 5.11 Å². The van der Waals surface area contributed by atoms with Crippen LogP contribution in [0, 0.1) is 0 Å². The molecule has 16 heavy (non-hydrogen) atoms. The van der Waals surface area contributed by atoms with Crippen molar-refractivity contribution in [2.24, 2.45) is 4.99 Å². The smallest absolute Gasteiger partial charge is 0.149 e. The average molecular weight is 291 g/mol. The second kappa shape index (κ2) is 4.75. The largest absolute Gasteiger partial charge is 0.508 e. The molecular weight excluding hydrogens is 283 g/mol. The fraction of sp³-hybridized carbons (Fsp3) is 0.200. The number of thiazole rings is 1. The number of aliphatic imine (C=N–C) groups is 1. The molecule has 1 N–H and O–H groups in total. The van der Waals surface area contributed by atoms with Crippen LogP contribution in [-0.2, 0) is 17.1 Å². The van der Waals surface area contributed by atoms with E-state index >= 15 is 0 Å². The van der Waals surface area contributed by atoms with E-state index in [1.54, 1.807) is 35.2 Å². The number of phenols is 1. The van der Waals surface area contributed by atoms with Crippen LogP contribution in [0.25, 0.3) is 10.2 Å². The van der Waals surface area contributed by atoms with E-state index in [-0.39, 0.29) is 17.1 Å². The van der Waals surface area contributed by atoms with E-state index in [1.165, 1.54) is 0 Å². The van der Waals surface area contributed by atoms with Gasteiger partial charge in [-0.3, -0.25) is 4.99 Å². The second-order valence-electron chi connectivity index (χ2n) is 3.21. The van der Waals surface area contributed by atoms with Gasteiger partial charge in [-0.2, -0.15) is 0 Å². The molecule has 0 saturated carbocycles. The van der Waals surface area contributed by atoms with E-state index in [9.17, 15) is 5.11 Å². The zero-order chi connectivity index (χ0) is 10.3. The standard InChI is InChI=1S/C10H8N2OS2.Mn/c13-6-1-2-7-8(5-6)15-10(12-7)9-11-3-4-14-9;/h1-2,5,13H,3-4H2;. The van der Waals surface area contributed by atoms with Gasteiger partial charge in [-0.15, -0.1) is 23.1 Å². The first kappa shape index (κ1) is 11.9. The van der Waals surface area contributed by atoms with Gasteiger partial charge in [-0.25, -0.2) is 4.98 Å². The van der Waals surface area contributed by atoms with Crippen LogP contribution in [0.3, 0.4) is 0 Å². The first-order valence-electron chi connectivity index (χ1n) is 4.60. The van der Waals surface area contributed by atoms with Gasteiger partial charge in [0, 0.05) is 29.4 Å². The molecule has 0 fully saturated rings. The molecule has 0 amide bonds. The summed E-state index contributed by atoms with van der Waals surface area (Å²) in [5.74, 6) is 1.34. The van der Waals surface area contributed by atoms with Gasteiger partial charge in [0.15, 0.2) is 0 Å². The van der Waals surface area contributed by atoms with Gasteiger partial charge >= 0.3 is 0 Å². The first-order valence-corrected chi connectivity index (χ1v) is 6.40. The maximum atomic E-state index is 9.35. The number of fused-ring (bicyclic) bond motifs is 1. The third-order valence-electron chi connectivity index (χ3n) is 2.14. The minimum Gasteiger partial charge on any atom is -0.508 e. The molecule has 0 bridgehead atoms. The summed E-state index contributed by atoms with van der Waals surface area (Å²) in [6.07, 6.45) is 0. The van der Waals surface area contributed by atoms with Crippen molar-refractivity contribution in [2.75, 3.05) is 12.3 Å². The summed E-state index contributed by atoms with van der Waals surface area (Å²) in [5, 5.41) is 11.4. The summed E-state index contributed by atoms with van der Waals surface area (Å²) in [5.41, 5.74) is 0.933. The number of hydrogen-bond donors (Lipinski definition) is 1. The van der Waals surface area contributed by atoms with Gasteiger partial charge in [0.05, 0.1) is 10.2 Å². The summed E-state index contributed by atoms with van der Waals surface area (Å²) < 4.78 is 1.01. The van der Waals surface area contributed by atoms with Crippen LogP contribution in [-0.4, -0.2) is 27.4 Å². The quantitative estimate of drug-likeness (QED) is 0.821. The Hall–Kier alpha value is -0.551. The monoisotopic (exact) mass is 291 g/mol. The van der Waals surface area contributed by atoms with Crippen LogP contribution in [0.1, 0.15) is 5.01 Å². The van der Waals surface area contributed by atoms with Crippen LogP contribution in [0.15, 0.2) is 23.2 Å². The number of aromatic hydroxyl groups is 1. The molecule has 1 aliphatic heterocycles. The third kappa shape index (κ3) is 2.11. The minimum absolute atomic E-state index is 0. The molecule has 0 atom stereocenters. The molecule has 0 unspecified atom stereocenters. The van der Waals surface area contributed by atoms with Crippen molar-refractivity contribution in [1.82, 2.24) is 4.98 Å². The number of aromatic nitrogens is 1. The first-order chi connectivity index (χ1) is 7.33. The zero-order valence-electron chi connectivity index (χ0n) is 8.18. The molecule has 2 aromatic rings. The summed E-state index contributed by atoms with van der Waals surface area (Å²) >= 11 is 3.34. The van der Waals surface area contributed by atoms with E-state index in [0.717, 1.165) is 32.6 Å². The third-order valence-corrected chi connectivity index (χ3v) is 4.28. The van der Waals surface area contributed by atoms with Crippen molar-refractivity contribution in [1.29, 1.82) is 0 Å². The SMILES string of the molecule is Oc1ccc2nc(C3=NCCS3)sc2c1.[Mn]. The van der Waals surface area contributed by atoms with E-state index in [0.29, 0.717) is 5.75 Å². The van der Waals surface area contributed by atoms with E-state index in [2.05, 4.69) is 9.98 Å². The summed E-state index contributed by atoms with van der Waals surface area (Å²) in [7, 11) is 0. The van der Waals surface area contributed by atoms with Gasteiger partial charge in [0.2, 0.25) is 0 Å². The van der Waals surface area contributed by atoms with Gasteiger partial charge in [0.25, 0.3) is 0 Å². The molecule has 1 aromatic carbocycles. The van der Waals surface area contributed by atoms with Gasteiger partial charge in [-0.1, -0.05) is 0 Å². The van der Waals surface area contributed by atoms with Crippen molar-refractivity contribution in [3.05, 3.63) is 23.2 Å². The Morgan fingerprint density at radius 2 is 2.19 bits per heavy atom. The van der Waals surface area contributed by atoms with Crippen molar-refractivity contribution in [2.45, 2.75) is 0 Å². The average Bonchev–Trinajstić information content (AvgIpc) is 2.84. The molecule has 83 valence electrons. The van der Waals surface area contributed by atoms with E-state index in [4.69, 9.17) is 0 Å². The molecule has 3 nitrogen and oxygen atoms in total. The van der Waals surface area contributed by atoms with Crippen LogP contribution in [0.5, 0.6) is 5.75 Å². The Morgan fingerprint density at radius 3 is 2.94 bits per heavy atom.